The fourth-order valence-electron chi connectivity index (χ4n) is 1.87. The molecule has 0 aliphatic heterocycles. The molecule has 0 unspecified atom stereocenters. The van der Waals surface area contributed by atoms with E-state index in [1.165, 1.54) is 0 Å². The minimum absolute atomic E-state index is 0.135. The quantitative estimate of drug-likeness (QED) is 0.829. The van der Waals surface area contributed by atoms with Crippen molar-refractivity contribution in [3.63, 3.8) is 0 Å². The number of nitrogens with one attached hydrogen (secondary N) is 1. The van der Waals surface area contributed by atoms with E-state index in [0.717, 1.165) is 17.0 Å². The number of hydrogen-bond acceptors (Lipinski definition) is 3. The third-order valence-corrected chi connectivity index (χ3v) is 2.95. The van der Waals surface area contributed by atoms with E-state index in [1.807, 2.05) is 31.2 Å². The first-order valence-electron chi connectivity index (χ1n) is 6.79. The molecule has 0 radical (unpaired) electrons. The summed E-state index contributed by atoms with van der Waals surface area (Å²) in [5.41, 5.74) is 2.49. The Hall–Kier alpha value is -2.33. The average Bonchev–Trinajstić information content (AvgIpc) is 2.48. The molecule has 110 valence electrons. The topological polar surface area (TPSA) is 47.6 Å². The zero-order valence-electron chi connectivity index (χ0n) is 12.3. The van der Waals surface area contributed by atoms with Crippen LogP contribution in [0.2, 0.25) is 0 Å². The van der Waals surface area contributed by atoms with Crippen LogP contribution in [0.4, 0.5) is 5.69 Å². The number of ether oxygens (including phenoxy) is 2. The molecule has 21 heavy (non-hydrogen) atoms. The zero-order chi connectivity index (χ0) is 15.1. The second kappa shape index (κ2) is 7.45. The Balaban J connectivity index is 1.96. The maximum absolute atomic E-state index is 12.1. The van der Waals surface area contributed by atoms with Crippen LogP contribution < -0.4 is 10.1 Å². The first kappa shape index (κ1) is 15.1. The highest BCUT2D eigenvalue weighted by Gasteiger charge is 2.06. The van der Waals surface area contributed by atoms with Crippen molar-refractivity contribution in [2.75, 3.05) is 25.6 Å². The van der Waals surface area contributed by atoms with Crippen LogP contribution in [0.1, 0.15) is 15.9 Å². The normalized spacial score (nSPS) is 10.2. The Morgan fingerprint density at radius 1 is 1.10 bits per heavy atom. The molecule has 0 saturated heterocycles. The van der Waals surface area contributed by atoms with Gasteiger partial charge in [-0.2, -0.15) is 0 Å². The minimum Gasteiger partial charge on any atom is -0.491 e. The molecule has 0 bridgehead atoms. The number of rotatable bonds is 6. The third-order valence-electron chi connectivity index (χ3n) is 2.95. The number of carbonyl (C=O) groups excluding carboxylic acids is 1. The lowest BCUT2D eigenvalue weighted by Gasteiger charge is -2.08. The summed E-state index contributed by atoms with van der Waals surface area (Å²) < 4.78 is 10.4. The predicted molar refractivity (Wildman–Crippen MR) is 82.9 cm³/mol. The summed E-state index contributed by atoms with van der Waals surface area (Å²) >= 11 is 0. The number of aryl methyl sites for hydroxylation is 1. The zero-order valence-corrected chi connectivity index (χ0v) is 12.3. The van der Waals surface area contributed by atoms with E-state index in [0.29, 0.717) is 18.8 Å². The Bertz CT molecular complexity index is 593. The first-order valence-corrected chi connectivity index (χ1v) is 6.79. The fraction of sp³-hybridized carbons (Fsp3) is 0.235. The summed E-state index contributed by atoms with van der Waals surface area (Å²) in [7, 11) is 1.63. The number of carbonyl (C=O) groups is 1. The van der Waals surface area contributed by atoms with Crippen LogP contribution in [-0.2, 0) is 4.74 Å². The van der Waals surface area contributed by atoms with Crippen LogP contribution in [0.15, 0.2) is 48.5 Å². The van der Waals surface area contributed by atoms with Gasteiger partial charge in [-0.25, -0.2) is 0 Å². The summed E-state index contributed by atoms with van der Waals surface area (Å²) in [5.74, 6) is 0.586. The molecular weight excluding hydrogens is 266 g/mol. The molecule has 0 saturated carbocycles. The van der Waals surface area contributed by atoms with E-state index in [-0.39, 0.29) is 5.91 Å². The molecule has 0 aliphatic rings. The highest BCUT2D eigenvalue weighted by molar-refractivity contribution is 6.04. The van der Waals surface area contributed by atoms with Gasteiger partial charge < -0.3 is 14.8 Å². The van der Waals surface area contributed by atoms with Crippen molar-refractivity contribution in [1.82, 2.24) is 0 Å². The van der Waals surface area contributed by atoms with Gasteiger partial charge in [-0.3, -0.25) is 4.79 Å². The molecule has 0 heterocycles. The number of anilines is 1. The van der Waals surface area contributed by atoms with Gasteiger partial charge >= 0.3 is 0 Å². The molecule has 0 atom stereocenters. The largest absolute Gasteiger partial charge is 0.491 e. The standard InChI is InChI=1S/C17H19NO3/c1-13-4-3-5-15(12-13)18-17(19)14-6-8-16(9-7-14)21-11-10-20-2/h3-9,12H,10-11H2,1-2H3,(H,18,19). The molecule has 0 aliphatic carbocycles. The van der Waals surface area contributed by atoms with Crippen LogP contribution in [0.5, 0.6) is 5.75 Å². The van der Waals surface area contributed by atoms with E-state index < -0.39 is 0 Å². The summed E-state index contributed by atoms with van der Waals surface area (Å²) in [6, 6.07) is 14.7. The molecule has 2 rings (SSSR count). The van der Waals surface area contributed by atoms with Crippen molar-refractivity contribution < 1.29 is 14.3 Å². The van der Waals surface area contributed by atoms with Crippen molar-refractivity contribution in [3.8, 4) is 5.75 Å². The average molecular weight is 285 g/mol. The molecule has 0 aromatic heterocycles. The highest BCUT2D eigenvalue weighted by Crippen LogP contribution is 2.15. The molecule has 4 nitrogen and oxygen atoms in total. The van der Waals surface area contributed by atoms with Gasteiger partial charge in [0.15, 0.2) is 0 Å². The molecule has 2 aromatic rings. The van der Waals surface area contributed by atoms with Crippen LogP contribution in [-0.4, -0.2) is 26.2 Å². The predicted octanol–water partition coefficient (Wildman–Crippen LogP) is 3.27. The monoisotopic (exact) mass is 285 g/mol. The summed E-state index contributed by atoms with van der Waals surface area (Å²) in [6.45, 7) is 3.02. The molecule has 2 aromatic carbocycles. The Labute approximate surface area is 124 Å². The van der Waals surface area contributed by atoms with Gasteiger partial charge in [-0.05, 0) is 48.9 Å². The summed E-state index contributed by atoms with van der Waals surface area (Å²) in [4.78, 5) is 12.1. The molecule has 0 fully saturated rings. The van der Waals surface area contributed by atoms with Gasteiger partial charge in [-0.15, -0.1) is 0 Å². The third kappa shape index (κ3) is 4.61. The highest BCUT2D eigenvalue weighted by atomic mass is 16.5. The van der Waals surface area contributed by atoms with Gasteiger partial charge in [0, 0.05) is 18.4 Å². The van der Waals surface area contributed by atoms with Crippen LogP contribution in [0, 0.1) is 6.92 Å². The molecule has 1 N–H and O–H groups in total. The van der Waals surface area contributed by atoms with E-state index in [1.54, 1.807) is 31.4 Å². The fourth-order valence-corrected chi connectivity index (χ4v) is 1.87. The van der Waals surface area contributed by atoms with Crippen molar-refractivity contribution in [2.45, 2.75) is 6.92 Å². The van der Waals surface area contributed by atoms with E-state index in [4.69, 9.17) is 9.47 Å². The second-order valence-electron chi connectivity index (χ2n) is 4.69. The SMILES string of the molecule is COCCOc1ccc(C(=O)Nc2cccc(C)c2)cc1. The summed E-state index contributed by atoms with van der Waals surface area (Å²) in [6.07, 6.45) is 0. The molecular formula is C17H19NO3. The first-order chi connectivity index (χ1) is 10.2. The lowest BCUT2D eigenvalue weighted by Crippen LogP contribution is -2.12. The van der Waals surface area contributed by atoms with E-state index in [9.17, 15) is 4.79 Å². The molecule has 0 spiro atoms. The van der Waals surface area contributed by atoms with Crippen molar-refractivity contribution >= 4 is 11.6 Å². The minimum atomic E-state index is -0.135. The maximum Gasteiger partial charge on any atom is 0.255 e. The van der Waals surface area contributed by atoms with Gasteiger partial charge in [-0.1, -0.05) is 12.1 Å². The second-order valence-corrected chi connectivity index (χ2v) is 4.69. The molecule has 1 amide bonds. The van der Waals surface area contributed by atoms with Crippen molar-refractivity contribution in [2.24, 2.45) is 0 Å². The Kier molecular flexibility index (Phi) is 5.35. The number of methoxy groups -OCH3 is 1. The van der Waals surface area contributed by atoms with Crippen molar-refractivity contribution in [1.29, 1.82) is 0 Å². The number of amides is 1. The van der Waals surface area contributed by atoms with Crippen LogP contribution in [0.25, 0.3) is 0 Å². The van der Waals surface area contributed by atoms with E-state index >= 15 is 0 Å². The smallest absolute Gasteiger partial charge is 0.255 e. The van der Waals surface area contributed by atoms with Crippen molar-refractivity contribution in [3.05, 3.63) is 59.7 Å². The van der Waals surface area contributed by atoms with E-state index in [2.05, 4.69) is 5.32 Å². The maximum atomic E-state index is 12.1. The van der Waals surface area contributed by atoms with Gasteiger partial charge in [0.2, 0.25) is 0 Å². The van der Waals surface area contributed by atoms with Crippen LogP contribution >= 0.6 is 0 Å². The number of hydrogen-bond donors (Lipinski definition) is 1. The lowest BCUT2D eigenvalue weighted by atomic mass is 10.2. The van der Waals surface area contributed by atoms with Gasteiger partial charge in [0.25, 0.3) is 5.91 Å². The molecule has 4 heteroatoms. The number of benzene rings is 2. The van der Waals surface area contributed by atoms with Crippen LogP contribution in [0.3, 0.4) is 0 Å². The Morgan fingerprint density at radius 2 is 1.86 bits per heavy atom. The Morgan fingerprint density at radius 3 is 2.52 bits per heavy atom. The lowest BCUT2D eigenvalue weighted by molar-refractivity contribution is 0.102. The van der Waals surface area contributed by atoms with Gasteiger partial charge in [0.05, 0.1) is 6.61 Å². The van der Waals surface area contributed by atoms with Gasteiger partial charge in [0.1, 0.15) is 12.4 Å². The summed E-state index contributed by atoms with van der Waals surface area (Å²) in [5, 5.41) is 2.87.